The number of piperidine rings is 1. The van der Waals surface area contributed by atoms with Crippen LogP contribution in [0.2, 0.25) is 0 Å². The molecule has 0 saturated carbocycles. The second-order valence-corrected chi connectivity index (χ2v) is 8.87. The molecule has 3 aromatic rings. The van der Waals surface area contributed by atoms with Crippen molar-refractivity contribution in [3.8, 4) is 11.5 Å². The highest BCUT2D eigenvalue weighted by Crippen LogP contribution is 2.33. The molecule has 0 radical (unpaired) electrons. The van der Waals surface area contributed by atoms with Gasteiger partial charge in [0.05, 0.1) is 15.2 Å². The molecule has 1 amide bonds. The smallest absolute Gasteiger partial charge is 0.223 e. The first kappa shape index (κ1) is 19.2. The van der Waals surface area contributed by atoms with Crippen LogP contribution in [0.25, 0.3) is 10.2 Å². The summed E-state index contributed by atoms with van der Waals surface area (Å²) in [4.78, 5) is 19.5. The van der Waals surface area contributed by atoms with Crippen molar-refractivity contribution in [2.45, 2.75) is 31.7 Å². The summed E-state index contributed by atoms with van der Waals surface area (Å²) in [6, 6.07) is 14.3. The third-order valence-corrected chi connectivity index (χ3v) is 6.67. The molecule has 2 aliphatic rings. The van der Waals surface area contributed by atoms with Gasteiger partial charge in [-0.2, -0.15) is 0 Å². The van der Waals surface area contributed by atoms with Gasteiger partial charge >= 0.3 is 0 Å². The van der Waals surface area contributed by atoms with Crippen LogP contribution in [0.5, 0.6) is 11.5 Å². The molecule has 1 fully saturated rings. The van der Waals surface area contributed by atoms with Crippen LogP contribution >= 0.6 is 11.3 Å². The fourth-order valence-corrected chi connectivity index (χ4v) is 5.06. The summed E-state index contributed by atoms with van der Waals surface area (Å²) in [6.07, 6.45) is 3.27. The number of carbonyl (C=O) groups is 1. The molecule has 0 unspecified atom stereocenters. The van der Waals surface area contributed by atoms with Crippen LogP contribution in [-0.2, 0) is 11.2 Å². The number of ether oxygens (including phenoxy) is 2. The zero-order valence-corrected chi connectivity index (χ0v) is 17.6. The van der Waals surface area contributed by atoms with Gasteiger partial charge in [-0.25, -0.2) is 4.98 Å². The number of amides is 1. The van der Waals surface area contributed by atoms with Crippen molar-refractivity contribution in [3.63, 3.8) is 0 Å². The quantitative estimate of drug-likeness (QED) is 0.669. The fourth-order valence-electron chi connectivity index (χ4n) is 4.09. The van der Waals surface area contributed by atoms with Gasteiger partial charge in [0.1, 0.15) is 13.2 Å². The van der Waals surface area contributed by atoms with Gasteiger partial charge in [-0.15, -0.1) is 11.3 Å². The van der Waals surface area contributed by atoms with Crippen LogP contribution in [0.3, 0.4) is 0 Å². The molecule has 0 aliphatic carbocycles. The molecular weight excluding hydrogens is 398 g/mol. The van der Waals surface area contributed by atoms with E-state index in [1.165, 1.54) is 4.70 Å². The minimum Gasteiger partial charge on any atom is -0.486 e. The average molecular weight is 424 g/mol. The molecule has 2 aliphatic heterocycles. The summed E-state index contributed by atoms with van der Waals surface area (Å²) < 4.78 is 12.4. The predicted octanol–water partition coefficient (Wildman–Crippen LogP) is 4.10. The third kappa shape index (κ3) is 4.21. The highest BCUT2D eigenvalue weighted by molar-refractivity contribution is 7.18. The van der Waals surface area contributed by atoms with Crippen molar-refractivity contribution in [2.24, 2.45) is 0 Å². The Morgan fingerprint density at radius 1 is 1.17 bits per heavy atom. The van der Waals surface area contributed by atoms with E-state index in [1.807, 2.05) is 41.3 Å². The number of hydrogen-bond donors (Lipinski definition) is 1. The van der Waals surface area contributed by atoms with E-state index in [2.05, 4.69) is 16.4 Å². The Labute approximate surface area is 179 Å². The Kier molecular flexibility index (Phi) is 5.45. The molecule has 3 heterocycles. The van der Waals surface area contributed by atoms with E-state index in [4.69, 9.17) is 9.47 Å². The molecule has 2 aromatic carbocycles. The van der Waals surface area contributed by atoms with E-state index >= 15 is 0 Å². The lowest BCUT2D eigenvalue weighted by atomic mass is 10.0. The van der Waals surface area contributed by atoms with Gasteiger partial charge < -0.3 is 19.7 Å². The van der Waals surface area contributed by atoms with Gasteiger partial charge in [0.2, 0.25) is 5.91 Å². The van der Waals surface area contributed by atoms with E-state index in [0.717, 1.165) is 53.6 Å². The molecule has 30 heavy (non-hydrogen) atoms. The number of aryl methyl sites for hydroxylation is 1. The normalized spacial score (nSPS) is 18.4. The SMILES string of the molecule is O=C(CCc1nc2ccccc2s1)N1CCC[C@H](Nc2ccc3c(c2)OCCO3)C1. The molecule has 1 saturated heterocycles. The number of nitrogens with one attached hydrogen (secondary N) is 1. The molecule has 1 aromatic heterocycles. The number of anilines is 1. The lowest BCUT2D eigenvalue weighted by Gasteiger charge is -2.34. The zero-order chi connectivity index (χ0) is 20.3. The number of likely N-dealkylation sites (tertiary alicyclic amines) is 1. The molecule has 7 heteroatoms. The average Bonchev–Trinajstić information content (AvgIpc) is 3.21. The van der Waals surface area contributed by atoms with Gasteiger partial charge in [0.15, 0.2) is 11.5 Å². The largest absolute Gasteiger partial charge is 0.486 e. The molecular formula is C23H25N3O3S. The van der Waals surface area contributed by atoms with Gasteiger partial charge in [-0.1, -0.05) is 12.1 Å². The number of nitrogens with zero attached hydrogens (tertiary/aromatic N) is 2. The van der Waals surface area contributed by atoms with Crippen LogP contribution < -0.4 is 14.8 Å². The molecule has 0 bridgehead atoms. The Hall–Kier alpha value is -2.80. The lowest BCUT2D eigenvalue weighted by molar-refractivity contribution is -0.132. The Morgan fingerprint density at radius 3 is 2.93 bits per heavy atom. The van der Waals surface area contributed by atoms with Crippen molar-refractivity contribution >= 4 is 33.1 Å². The molecule has 6 nitrogen and oxygen atoms in total. The van der Waals surface area contributed by atoms with Crippen molar-refractivity contribution in [3.05, 3.63) is 47.5 Å². The number of aromatic nitrogens is 1. The summed E-state index contributed by atoms with van der Waals surface area (Å²) in [7, 11) is 0. The highest BCUT2D eigenvalue weighted by Gasteiger charge is 2.24. The molecule has 1 atom stereocenters. The van der Waals surface area contributed by atoms with E-state index < -0.39 is 0 Å². The van der Waals surface area contributed by atoms with Crippen molar-refractivity contribution in [2.75, 3.05) is 31.6 Å². The maximum Gasteiger partial charge on any atom is 0.223 e. The first-order valence-corrected chi connectivity index (χ1v) is 11.3. The third-order valence-electron chi connectivity index (χ3n) is 5.58. The topological polar surface area (TPSA) is 63.7 Å². The van der Waals surface area contributed by atoms with Crippen LogP contribution in [0.1, 0.15) is 24.3 Å². The maximum absolute atomic E-state index is 12.8. The van der Waals surface area contributed by atoms with Gasteiger partial charge in [0, 0.05) is 43.7 Å². The maximum atomic E-state index is 12.8. The Bertz CT molecular complexity index is 1020. The number of para-hydroxylation sites is 1. The predicted molar refractivity (Wildman–Crippen MR) is 119 cm³/mol. The molecule has 156 valence electrons. The van der Waals surface area contributed by atoms with Crippen LogP contribution in [0, 0.1) is 0 Å². The summed E-state index contributed by atoms with van der Waals surface area (Å²) in [5, 5.41) is 4.60. The van der Waals surface area contributed by atoms with Gasteiger partial charge in [-0.05, 0) is 37.1 Å². The van der Waals surface area contributed by atoms with Gasteiger partial charge in [0.25, 0.3) is 0 Å². The van der Waals surface area contributed by atoms with Crippen molar-refractivity contribution in [1.29, 1.82) is 0 Å². The van der Waals surface area contributed by atoms with Crippen molar-refractivity contribution in [1.82, 2.24) is 9.88 Å². The van der Waals surface area contributed by atoms with Gasteiger partial charge in [-0.3, -0.25) is 4.79 Å². The van der Waals surface area contributed by atoms with Crippen molar-refractivity contribution < 1.29 is 14.3 Å². The molecule has 1 N–H and O–H groups in total. The van der Waals surface area contributed by atoms with E-state index in [-0.39, 0.29) is 11.9 Å². The summed E-state index contributed by atoms with van der Waals surface area (Å²) >= 11 is 1.68. The Morgan fingerprint density at radius 2 is 2.03 bits per heavy atom. The Balaban J connectivity index is 1.17. The van der Waals surface area contributed by atoms with Crippen LogP contribution in [0.4, 0.5) is 5.69 Å². The van der Waals surface area contributed by atoms with Crippen LogP contribution in [-0.4, -0.2) is 48.1 Å². The number of rotatable bonds is 5. The van der Waals surface area contributed by atoms with E-state index in [1.54, 1.807) is 11.3 Å². The monoisotopic (exact) mass is 423 g/mol. The number of hydrogen-bond acceptors (Lipinski definition) is 6. The highest BCUT2D eigenvalue weighted by atomic mass is 32.1. The number of fused-ring (bicyclic) bond motifs is 2. The number of carbonyl (C=O) groups excluding carboxylic acids is 1. The minimum atomic E-state index is 0.211. The fraction of sp³-hybridized carbons (Fsp3) is 0.391. The second kappa shape index (κ2) is 8.52. The number of benzene rings is 2. The summed E-state index contributed by atoms with van der Waals surface area (Å²) in [6.45, 7) is 2.73. The minimum absolute atomic E-state index is 0.211. The van der Waals surface area contributed by atoms with E-state index in [9.17, 15) is 4.79 Å². The first-order valence-electron chi connectivity index (χ1n) is 10.5. The number of thiazole rings is 1. The first-order chi connectivity index (χ1) is 14.7. The standard InChI is InChI=1S/C23H25N3O3S/c27-23(10-9-22-25-18-5-1-2-6-21(18)30-22)26-11-3-4-17(15-26)24-16-7-8-19-20(14-16)29-13-12-28-19/h1-2,5-8,14,17,24H,3-4,9-13,15H2/t17-/m0/s1. The van der Waals surface area contributed by atoms with E-state index in [0.29, 0.717) is 26.1 Å². The lowest BCUT2D eigenvalue weighted by Crippen LogP contribution is -2.45. The van der Waals surface area contributed by atoms with Crippen LogP contribution in [0.15, 0.2) is 42.5 Å². The summed E-state index contributed by atoms with van der Waals surface area (Å²) in [5.74, 6) is 1.79. The second-order valence-electron chi connectivity index (χ2n) is 7.76. The zero-order valence-electron chi connectivity index (χ0n) is 16.8. The molecule has 5 rings (SSSR count). The summed E-state index contributed by atoms with van der Waals surface area (Å²) in [5.41, 5.74) is 2.03. The molecule has 0 spiro atoms.